The van der Waals surface area contributed by atoms with Gasteiger partial charge in [-0.1, -0.05) is 22.0 Å². The van der Waals surface area contributed by atoms with Gasteiger partial charge in [-0.2, -0.15) is 0 Å². The van der Waals surface area contributed by atoms with Crippen LogP contribution in [0, 0.1) is 0 Å². The Balaban J connectivity index is 2.27. The minimum absolute atomic E-state index is 0.294. The molecule has 1 heterocycles. The predicted octanol–water partition coefficient (Wildman–Crippen LogP) is 3.47. The second-order valence-electron chi connectivity index (χ2n) is 5.57. The van der Waals surface area contributed by atoms with Gasteiger partial charge in [0.05, 0.1) is 0 Å². The maximum absolute atomic E-state index is 9.07. The number of nitrogens with zero attached hydrogens (tertiary/aromatic N) is 1. The maximum Gasteiger partial charge on any atom is 0.0431 e. The molecule has 0 aromatic heterocycles. The number of nitrogens with one attached hydrogen (secondary N) is 1. The lowest BCUT2D eigenvalue weighted by molar-refractivity contribution is 0.279. The molecule has 0 aliphatic carbocycles. The van der Waals surface area contributed by atoms with E-state index in [9.17, 15) is 0 Å². The van der Waals surface area contributed by atoms with Crippen LogP contribution in [-0.2, 0) is 0 Å². The number of aliphatic hydroxyl groups is 1. The quantitative estimate of drug-likeness (QED) is 0.832. The summed E-state index contributed by atoms with van der Waals surface area (Å²) < 4.78 is 1.13. The second-order valence-corrected chi connectivity index (χ2v) is 6.48. The third-order valence-corrected chi connectivity index (χ3v) is 4.77. The van der Waals surface area contributed by atoms with Gasteiger partial charge >= 0.3 is 0 Å². The summed E-state index contributed by atoms with van der Waals surface area (Å²) in [7, 11) is 2.00. The Kier molecular flexibility index (Phi) is 5.87. The average Bonchev–Trinajstić information content (AvgIpc) is 2.92. The van der Waals surface area contributed by atoms with Crippen molar-refractivity contribution in [2.24, 2.45) is 0 Å². The van der Waals surface area contributed by atoms with Crippen LogP contribution in [0.1, 0.15) is 44.2 Å². The lowest BCUT2D eigenvalue weighted by Gasteiger charge is -2.30. The van der Waals surface area contributed by atoms with Crippen molar-refractivity contribution in [1.82, 2.24) is 5.32 Å². The minimum atomic E-state index is 0.294. The molecule has 2 unspecified atom stereocenters. The number of anilines is 1. The zero-order valence-electron chi connectivity index (χ0n) is 12.4. The summed E-state index contributed by atoms with van der Waals surface area (Å²) in [4.78, 5) is 2.53. The Bertz CT molecular complexity index is 438. The van der Waals surface area contributed by atoms with E-state index in [1.54, 1.807) is 0 Å². The van der Waals surface area contributed by atoms with Crippen LogP contribution in [0.2, 0.25) is 0 Å². The molecule has 112 valence electrons. The summed E-state index contributed by atoms with van der Waals surface area (Å²) >= 11 is 3.60. The molecule has 1 saturated heterocycles. The zero-order chi connectivity index (χ0) is 14.5. The fourth-order valence-corrected chi connectivity index (χ4v) is 3.42. The molecule has 1 aliphatic heterocycles. The molecule has 1 aromatic carbocycles. The summed E-state index contributed by atoms with van der Waals surface area (Å²) in [5.41, 5.74) is 2.69. The van der Waals surface area contributed by atoms with E-state index in [4.69, 9.17) is 5.11 Å². The van der Waals surface area contributed by atoms with E-state index in [1.807, 2.05) is 7.05 Å². The second kappa shape index (κ2) is 7.43. The predicted molar refractivity (Wildman–Crippen MR) is 88.3 cm³/mol. The van der Waals surface area contributed by atoms with Crippen molar-refractivity contribution in [3.05, 3.63) is 28.2 Å². The molecule has 0 radical (unpaired) electrons. The third kappa shape index (κ3) is 3.54. The van der Waals surface area contributed by atoms with Gasteiger partial charge in [0.1, 0.15) is 0 Å². The van der Waals surface area contributed by atoms with E-state index < -0.39 is 0 Å². The lowest BCUT2D eigenvalue weighted by Crippen LogP contribution is -2.31. The van der Waals surface area contributed by atoms with E-state index in [0.29, 0.717) is 18.7 Å². The Morgan fingerprint density at radius 1 is 1.50 bits per heavy atom. The molecule has 0 bridgehead atoms. The number of halogens is 1. The van der Waals surface area contributed by atoms with Crippen molar-refractivity contribution in [3.63, 3.8) is 0 Å². The molecule has 1 fully saturated rings. The van der Waals surface area contributed by atoms with Gasteiger partial charge in [-0.3, -0.25) is 0 Å². The van der Waals surface area contributed by atoms with E-state index in [-0.39, 0.29) is 0 Å². The molecule has 1 aromatic rings. The third-order valence-electron chi connectivity index (χ3n) is 4.27. The zero-order valence-corrected chi connectivity index (χ0v) is 14.0. The SMILES string of the molecule is CNC(C)c1ccc(Br)cc1N1CCCC1CCCO. The van der Waals surface area contributed by atoms with E-state index in [2.05, 4.69) is 51.3 Å². The van der Waals surface area contributed by atoms with E-state index >= 15 is 0 Å². The fourth-order valence-electron chi connectivity index (χ4n) is 3.07. The van der Waals surface area contributed by atoms with Crippen LogP contribution >= 0.6 is 15.9 Å². The van der Waals surface area contributed by atoms with Crippen molar-refractivity contribution in [3.8, 4) is 0 Å². The highest BCUT2D eigenvalue weighted by Crippen LogP contribution is 2.35. The van der Waals surface area contributed by atoms with Crippen LogP contribution in [0.15, 0.2) is 22.7 Å². The summed E-state index contributed by atoms with van der Waals surface area (Å²) in [6.07, 6.45) is 4.46. The minimum Gasteiger partial charge on any atom is -0.396 e. The highest BCUT2D eigenvalue weighted by molar-refractivity contribution is 9.10. The van der Waals surface area contributed by atoms with Crippen molar-refractivity contribution < 1.29 is 5.11 Å². The van der Waals surface area contributed by atoms with Gasteiger partial charge in [0, 0.05) is 35.4 Å². The Labute approximate surface area is 130 Å². The van der Waals surface area contributed by atoms with Crippen LogP contribution in [-0.4, -0.2) is 31.3 Å². The molecule has 4 heteroatoms. The van der Waals surface area contributed by atoms with Crippen LogP contribution in [0.5, 0.6) is 0 Å². The molecule has 20 heavy (non-hydrogen) atoms. The van der Waals surface area contributed by atoms with Gasteiger partial charge in [-0.25, -0.2) is 0 Å². The maximum atomic E-state index is 9.07. The number of hydrogen-bond donors (Lipinski definition) is 2. The first-order chi connectivity index (χ1) is 9.67. The van der Waals surface area contributed by atoms with E-state index in [0.717, 1.165) is 23.9 Å². The Hall–Kier alpha value is -0.580. The topological polar surface area (TPSA) is 35.5 Å². The van der Waals surface area contributed by atoms with E-state index in [1.165, 1.54) is 24.1 Å². The average molecular weight is 341 g/mol. The number of aliphatic hydroxyl groups excluding tert-OH is 1. The smallest absolute Gasteiger partial charge is 0.0431 e. The van der Waals surface area contributed by atoms with Gasteiger partial charge in [-0.15, -0.1) is 0 Å². The molecular formula is C16H25BrN2O. The Morgan fingerprint density at radius 3 is 3.00 bits per heavy atom. The number of benzene rings is 1. The molecule has 3 nitrogen and oxygen atoms in total. The number of rotatable bonds is 6. The van der Waals surface area contributed by atoms with Crippen LogP contribution in [0.3, 0.4) is 0 Å². The Morgan fingerprint density at radius 2 is 2.30 bits per heavy atom. The summed E-state index contributed by atoms with van der Waals surface area (Å²) in [5.74, 6) is 0. The first kappa shape index (κ1) is 15.8. The van der Waals surface area contributed by atoms with Crippen LogP contribution in [0.25, 0.3) is 0 Å². The largest absolute Gasteiger partial charge is 0.396 e. The first-order valence-electron chi connectivity index (χ1n) is 7.51. The first-order valence-corrected chi connectivity index (χ1v) is 8.31. The van der Waals surface area contributed by atoms with Crippen molar-refractivity contribution in [2.45, 2.75) is 44.7 Å². The molecule has 2 N–H and O–H groups in total. The van der Waals surface area contributed by atoms with Crippen molar-refractivity contribution >= 4 is 21.6 Å². The van der Waals surface area contributed by atoms with Gasteiger partial charge in [0.2, 0.25) is 0 Å². The van der Waals surface area contributed by atoms with Crippen LogP contribution < -0.4 is 10.2 Å². The van der Waals surface area contributed by atoms with Crippen LogP contribution in [0.4, 0.5) is 5.69 Å². The van der Waals surface area contributed by atoms with Gasteiger partial charge in [0.25, 0.3) is 0 Å². The van der Waals surface area contributed by atoms with Gasteiger partial charge in [0.15, 0.2) is 0 Å². The molecule has 1 aliphatic rings. The fraction of sp³-hybridized carbons (Fsp3) is 0.625. The van der Waals surface area contributed by atoms with Gasteiger partial charge < -0.3 is 15.3 Å². The summed E-state index contributed by atoms with van der Waals surface area (Å²) in [6.45, 7) is 3.62. The summed E-state index contributed by atoms with van der Waals surface area (Å²) in [5, 5.41) is 12.4. The molecule has 0 saturated carbocycles. The molecule has 2 atom stereocenters. The summed E-state index contributed by atoms with van der Waals surface area (Å²) in [6, 6.07) is 7.48. The highest BCUT2D eigenvalue weighted by Gasteiger charge is 2.26. The molecule has 0 amide bonds. The molecular weight excluding hydrogens is 316 g/mol. The standard InChI is InChI=1S/C16H25BrN2O/c1-12(18-2)15-8-7-13(17)11-16(15)19-9-3-5-14(19)6-4-10-20/h7-8,11-12,14,18,20H,3-6,9-10H2,1-2H3. The highest BCUT2D eigenvalue weighted by atomic mass is 79.9. The normalized spacial score (nSPS) is 20.4. The molecule has 0 spiro atoms. The lowest BCUT2D eigenvalue weighted by atomic mass is 10.0. The van der Waals surface area contributed by atoms with Crippen molar-refractivity contribution in [1.29, 1.82) is 0 Å². The van der Waals surface area contributed by atoms with Crippen molar-refractivity contribution in [2.75, 3.05) is 25.1 Å². The number of hydrogen-bond acceptors (Lipinski definition) is 3. The monoisotopic (exact) mass is 340 g/mol. The molecule has 2 rings (SSSR count). The van der Waals surface area contributed by atoms with Gasteiger partial charge in [-0.05, 0) is 57.4 Å².